The van der Waals surface area contributed by atoms with E-state index in [1.807, 2.05) is 0 Å². The largest absolute Gasteiger partial charge is 0.244 e. The zero-order valence-corrected chi connectivity index (χ0v) is 10.7. The maximum Gasteiger partial charge on any atom is 0.113 e. The third-order valence-electron chi connectivity index (χ3n) is 4.08. The normalized spacial score (nSPS) is 28.0. The predicted octanol–water partition coefficient (Wildman–Crippen LogP) is 5.12. The van der Waals surface area contributed by atoms with Crippen LogP contribution in [0.25, 0.3) is 0 Å². The van der Waals surface area contributed by atoms with Gasteiger partial charge in [0.15, 0.2) is 0 Å². The molecular weight excluding hydrogens is 187 g/mol. The maximum absolute atomic E-state index is 14.8. The molecular formula is C14H27F. The highest BCUT2D eigenvalue weighted by Gasteiger charge is 2.38. The van der Waals surface area contributed by atoms with Crippen LogP contribution in [0.3, 0.4) is 0 Å². The second kappa shape index (κ2) is 5.86. The van der Waals surface area contributed by atoms with Crippen molar-refractivity contribution in [2.24, 2.45) is 11.8 Å². The van der Waals surface area contributed by atoms with E-state index in [9.17, 15) is 4.39 Å². The van der Waals surface area contributed by atoms with Gasteiger partial charge in [0.2, 0.25) is 0 Å². The van der Waals surface area contributed by atoms with Crippen molar-refractivity contribution in [3.05, 3.63) is 0 Å². The Hall–Kier alpha value is -0.0700. The smallest absolute Gasteiger partial charge is 0.113 e. The van der Waals surface area contributed by atoms with E-state index in [0.717, 1.165) is 44.4 Å². The van der Waals surface area contributed by atoms with Gasteiger partial charge >= 0.3 is 0 Å². The first-order valence-corrected chi connectivity index (χ1v) is 6.81. The molecule has 1 heteroatoms. The Kier molecular flexibility index (Phi) is 5.08. The molecule has 0 unspecified atom stereocenters. The summed E-state index contributed by atoms with van der Waals surface area (Å²) >= 11 is 0. The highest BCUT2D eigenvalue weighted by atomic mass is 19.1. The summed E-state index contributed by atoms with van der Waals surface area (Å²) in [5.41, 5.74) is -0.844. The minimum atomic E-state index is -0.844. The van der Waals surface area contributed by atoms with Crippen LogP contribution < -0.4 is 0 Å². The van der Waals surface area contributed by atoms with E-state index in [1.54, 1.807) is 0 Å². The van der Waals surface area contributed by atoms with Crippen LogP contribution in [0.15, 0.2) is 0 Å². The number of hydrogen-bond acceptors (Lipinski definition) is 0. The van der Waals surface area contributed by atoms with Gasteiger partial charge in [-0.2, -0.15) is 0 Å². The van der Waals surface area contributed by atoms with Crippen LogP contribution in [0.4, 0.5) is 4.39 Å². The first-order valence-electron chi connectivity index (χ1n) is 6.81. The summed E-state index contributed by atoms with van der Waals surface area (Å²) in [4.78, 5) is 0. The van der Waals surface area contributed by atoms with Crippen molar-refractivity contribution in [1.82, 2.24) is 0 Å². The van der Waals surface area contributed by atoms with Gasteiger partial charge in [-0.1, -0.05) is 46.5 Å². The van der Waals surface area contributed by atoms with Crippen molar-refractivity contribution in [1.29, 1.82) is 0 Å². The number of alkyl halides is 1. The van der Waals surface area contributed by atoms with E-state index >= 15 is 0 Å². The molecule has 0 aromatic carbocycles. The number of rotatable bonds is 5. The Labute approximate surface area is 94.6 Å². The van der Waals surface area contributed by atoms with E-state index in [2.05, 4.69) is 20.8 Å². The fraction of sp³-hybridized carbons (Fsp3) is 1.00. The molecule has 0 amide bonds. The molecule has 1 rings (SSSR count). The van der Waals surface area contributed by atoms with Crippen molar-refractivity contribution in [2.75, 3.05) is 0 Å². The van der Waals surface area contributed by atoms with Gasteiger partial charge in [0.1, 0.15) is 5.67 Å². The lowest BCUT2D eigenvalue weighted by Crippen LogP contribution is -2.35. The zero-order chi connectivity index (χ0) is 11.3. The summed E-state index contributed by atoms with van der Waals surface area (Å²) < 4.78 is 14.8. The van der Waals surface area contributed by atoms with Crippen molar-refractivity contribution in [2.45, 2.75) is 77.8 Å². The van der Waals surface area contributed by atoms with Crippen LogP contribution in [-0.2, 0) is 0 Å². The van der Waals surface area contributed by atoms with Gasteiger partial charge in [-0.05, 0) is 37.5 Å². The molecule has 1 aliphatic rings. The van der Waals surface area contributed by atoms with Gasteiger partial charge in [0.25, 0.3) is 0 Å². The van der Waals surface area contributed by atoms with Crippen molar-refractivity contribution in [3.8, 4) is 0 Å². The quantitative estimate of drug-likeness (QED) is 0.595. The van der Waals surface area contributed by atoms with E-state index < -0.39 is 5.67 Å². The Balaban J connectivity index is 2.55. The van der Waals surface area contributed by atoms with Gasteiger partial charge in [-0.25, -0.2) is 4.39 Å². The molecule has 0 N–H and O–H groups in total. The molecule has 0 aromatic rings. The molecule has 1 fully saturated rings. The fourth-order valence-corrected chi connectivity index (χ4v) is 3.14. The molecule has 1 saturated carbocycles. The summed E-state index contributed by atoms with van der Waals surface area (Å²) in [7, 11) is 0. The highest BCUT2D eigenvalue weighted by molar-refractivity contribution is 4.89. The summed E-state index contributed by atoms with van der Waals surface area (Å²) in [5, 5.41) is 0. The van der Waals surface area contributed by atoms with E-state index in [-0.39, 0.29) is 0 Å². The molecule has 15 heavy (non-hydrogen) atoms. The minimum Gasteiger partial charge on any atom is -0.244 e. The summed E-state index contributed by atoms with van der Waals surface area (Å²) in [6.07, 6.45) is 8.26. The Morgan fingerprint density at radius 3 is 1.87 bits per heavy atom. The van der Waals surface area contributed by atoms with Crippen molar-refractivity contribution < 1.29 is 4.39 Å². The minimum absolute atomic E-state index is 0.355. The molecule has 90 valence electrons. The summed E-state index contributed by atoms with van der Waals surface area (Å²) in [6, 6.07) is 0. The summed E-state index contributed by atoms with van der Waals surface area (Å²) in [6.45, 7) is 6.51. The summed E-state index contributed by atoms with van der Waals surface area (Å²) in [5.74, 6) is 1.18. The topological polar surface area (TPSA) is 0 Å². The van der Waals surface area contributed by atoms with Crippen LogP contribution in [0, 0.1) is 11.8 Å². The lowest BCUT2D eigenvalue weighted by atomic mass is 9.71. The lowest BCUT2D eigenvalue weighted by molar-refractivity contribution is 0.0292. The van der Waals surface area contributed by atoms with E-state index in [1.165, 1.54) is 12.8 Å². The Morgan fingerprint density at radius 2 is 1.47 bits per heavy atom. The first kappa shape index (κ1) is 13.0. The molecule has 1 aliphatic carbocycles. The average molecular weight is 214 g/mol. The van der Waals surface area contributed by atoms with Crippen molar-refractivity contribution >= 4 is 0 Å². The van der Waals surface area contributed by atoms with Crippen LogP contribution >= 0.6 is 0 Å². The average Bonchev–Trinajstić information content (AvgIpc) is 2.19. The predicted molar refractivity (Wildman–Crippen MR) is 64.8 cm³/mol. The standard InChI is InChI=1S/C14H27F/c1-4-10-14(15,11-5-2)13-8-6-12(3)7-9-13/h12-13H,4-11H2,1-3H3/t12-,13+. The third kappa shape index (κ3) is 3.46. The second-order valence-electron chi connectivity index (χ2n) is 5.49. The number of halogens is 1. The molecule has 0 heterocycles. The molecule has 0 aromatic heterocycles. The molecule has 0 atom stereocenters. The molecule has 0 radical (unpaired) electrons. The fourth-order valence-electron chi connectivity index (χ4n) is 3.14. The third-order valence-corrected chi connectivity index (χ3v) is 4.08. The second-order valence-corrected chi connectivity index (χ2v) is 5.49. The van der Waals surface area contributed by atoms with Gasteiger partial charge in [0.05, 0.1) is 0 Å². The van der Waals surface area contributed by atoms with Gasteiger partial charge in [-0.3, -0.25) is 0 Å². The van der Waals surface area contributed by atoms with Crippen LogP contribution in [-0.4, -0.2) is 5.67 Å². The highest BCUT2D eigenvalue weighted by Crippen LogP contribution is 2.42. The number of hydrogen-bond donors (Lipinski definition) is 0. The lowest BCUT2D eigenvalue weighted by Gasteiger charge is -2.38. The molecule has 0 bridgehead atoms. The van der Waals surface area contributed by atoms with E-state index in [0.29, 0.717) is 5.92 Å². The molecule has 0 spiro atoms. The zero-order valence-electron chi connectivity index (χ0n) is 10.7. The van der Waals surface area contributed by atoms with Crippen LogP contribution in [0.5, 0.6) is 0 Å². The van der Waals surface area contributed by atoms with Gasteiger partial charge < -0.3 is 0 Å². The Bertz CT molecular complexity index is 162. The van der Waals surface area contributed by atoms with Crippen LogP contribution in [0.1, 0.15) is 72.1 Å². The molecule has 0 nitrogen and oxygen atoms in total. The van der Waals surface area contributed by atoms with Crippen LogP contribution in [0.2, 0.25) is 0 Å². The molecule has 0 aliphatic heterocycles. The van der Waals surface area contributed by atoms with Gasteiger partial charge in [-0.15, -0.1) is 0 Å². The maximum atomic E-state index is 14.8. The SMILES string of the molecule is CCCC(F)(CCC)[C@H]1CC[C@@H](C)CC1. The Morgan fingerprint density at radius 1 is 1.00 bits per heavy atom. The van der Waals surface area contributed by atoms with Crippen molar-refractivity contribution in [3.63, 3.8) is 0 Å². The van der Waals surface area contributed by atoms with Gasteiger partial charge in [0, 0.05) is 0 Å². The molecule has 0 saturated heterocycles. The monoisotopic (exact) mass is 214 g/mol. The van der Waals surface area contributed by atoms with E-state index in [4.69, 9.17) is 0 Å². The first-order chi connectivity index (χ1) is 7.12.